The Morgan fingerprint density at radius 2 is 2.07 bits per heavy atom. The van der Waals surface area contributed by atoms with Crippen LogP contribution in [-0.4, -0.2) is 36.6 Å². The summed E-state index contributed by atoms with van der Waals surface area (Å²) in [6, 6.07) is 1.72. The van der Waals surface area contributed by atoms with Crippen LogP contribution in [0.1, 0.15) is 52.9 Å². The standard InChI is InChI=1S/C13H28N2/c1-4-11-15(13-8-9-13)12(3)7-6-10-14-5-2/h12-14H,4-11H2,1-3H3. The number of rotatable bonds is 9. The molecule has 90 valence electrons. The maximum Gasteiger partial charge on any atom is 0.00992 e. The molecule has 0 heterocycles. The number of nitrogens with one attached hydrogen (secondary N) is 1. The van der Waals surface area contributed by atoms with Crippen LogP contribution in [0.15, 0.2) is 0 Å². The molecule has 1 N–H and O–H groups in total. The van der Waals surface area contributed by atoms with Gasteiger partial charge in [-0.25, -0.2) is 0 Å². The minimum Gasteiger partial charge on any atom is -0.317 e. The van der Waals surface area contributed by atoms with E-state index in [-0.39, 0.29) is 0 Å². The predicted molar refractivity (Wildman–Crippen MR) is 67.3 cm³/mol. The van der Waals surface area contributed by atoms with Crippen molar-refractivity contribution in [2.24, 2.45) is 0 Å². The summed E-state index contributed by atoms with van der Waals surface area (Å²) >= 11 is 0. The van der Waals surface area contributed by atoms with E-state index in [0.717, 1.165) is 18.6 Å². The van der Waals surface area contributed by atoms with Gasteiger partial charge in [-0.15, -0.1) is 0 Å². The van der Waals surface area contributed by atoms with E-state index >= 15 is 0 Å². The Labute approximate surface area is 95.4 Å². The fraction of sp³-hybridized carbons (Fsp3) is 1.00. The fourth-order valence-corrected chi connectivity index (χ4v) is 2.29. The summed E-state index contributed by atoms with van der Waals surface area (Å²) in [5, 5.41) is 3.40. The van der Waals surface area contributed by atoms with Gasteiger partial charge in [0, 0.05) is 12.1 Å². The number of hydrogen-bond donors (Lipinski definition) is 1. The van der Waals surface area contributed by atoms with Gasteiger partial charge in [-0.1, -0.05) is 13.8 Å². The van der Waals surface area contributed by atoms with E-state index in [1.165, 1.54) is 45.2 Å². The molecule has 1 saturated carbocycles. The van der Waals surface area contributed by atoms with E-state index in [4.69, 9.17) is 0 Å². The molecule has 1 atom stereocenters. The molecule has 1 aliphatic rings. The molecule has 1 rings (SSSR count). The summed E-state index contributed by atoms with van der Waals surface area (Å²) in [4.78, 5) is 2.73. The largest absolute Gasteiger partial charge is 0.317 e. The molecular formula is C13H28N2. The molecule has 1 unspecified atom stereocenters. The van der Waals surface area contributed by atoms with Gasteiger partial charge in [0.2, 0.25) is 0 Å². The molecule has 0 amide bonds. The molecule has 1 fully saturated rings. The van der Waals surface area contributed by atoms with E-state index in [0.29, 0.717) is 0 Å². The first kappa shape index (κ1) is 13.0. The minimum absolute atomic E-state index is 0.788. The molecule has 0 spiro atoms. The quantitative estimate of drug-likeness (QED) is 0.591. The van der Waals surface area contributed by atoms with Gasteiger partial charge in [0.15, 0.2) is 0 Å². The Kier molecular flexibility index (Phi) is 6.26. The van der Waals surface area contributed by atoms with Crippen molar-refractivity contribution in [3.8, 4) is 0 Å². The minimum atomic E-state index is 0.788. The smallest absolute Gasteiger partial charge is 0.00992 e. The van der Waals surface area contributed by atoms with Crippen LogP contribution in [0.2, 0.25) is 0 Å². The molecule has 0 aromatic heterocycles. The molecule has 2 heteroatoms. The fourth-order valence-electron chi connectivity index (χ4n) is 2.29. The normalized spacial score (nSPS) is 18.4. The van der Waals surface area contributed by atoms with Crippen molar-refractivity contribution < 1.29 is 0 Å². The van der Waals surface area contributed by atoms with Crippen molar-refractivity contribution >= 4 is 0 Å². The molecular weight excluding hydrogens is 184 g/mol. The topological polar surface area (TPSA) is 15.3 Å². The molecule has 0 saturated heterocycles. The third kappa shape index (κ3) is 4.98. The zero-order valence-corrected chi connectivity index (χ0v) is 10.8. The number of nitrogens with zero attached hydrogens (tertiary/aromatic N) is 1. The van der Waals surface area contributed by atoms with Crippen molar-refractivity contribution in [1.82, 2.24) is 10.2 Å². The second kappa shape index (κ2) is 7.24. The third-order valence-corrected chi connectivity index (χ3v) is 3.29. The van der Waals surface area contributed by atoms with Crippen LogP contribution in [0.25, 0.3) is 0 Å². The van der Waals surface area contributed by atoms with E-state index in [2.05, 4.69) is 31.0 Å². The summed E-state index contributed by atoms with van der Waals surface area (Å²) in [6.45, 7) is 10.5. The first-order chi connectivity index (χ1) is 7.29. The summed E-state index contributed by atoms with van der Waals surface area (Å²) in [5.74, 6) is 0. The SMILES string of the molecule is CCCN(C(C)CCCNCC)C1CC1. The van der Waals surface area contributed by atoms with Crippen LogP contribution in [-0.2, 0) is 0 Å². The van der Waals surface area contributed by atoms with Crippen LogP contribution in [0.5, 0.6) is 0 Å². The second-order valence-electron chi connectivity index (χ2n) is 4.81. The highest BCUT2D eigenvalue weighted by atomic mass is 15.2. The molecule has 0 radical (unpaired) electrons. The lowest BCUT2D eigenvalue weighted by Crippen LogP contribution is -2.36. The molecule has 2 nitrogen and oxygen atoms in total. The van der Waals surface area contributed by atoms with Gasteiger partial charge in [-0.05, 0) is 58.7 Å². The van der Waals surface area contributed by atoms with E-state index in [1.54, 1.807) is 0 Å². The molecule has 1 aliphatic carbocycles. The van der Waals surface area contributed by atoms with Gasteiger partial charge < -0.3 is 5.32 Å². The first-order valence-electron chi connectivity index (χ1n) is 6.76. The molecule has 0 aromatic rings. The van der Waals surface area contributed by atoms with Crippen LogP contribution in [0, 0.1) is 0 Å². The Bertz CT molecular complexity index is 155. The van der Waals surface area contributed by atoms with Crippen molar-refractivity contribution in [1.29, 1.82) is 0 Å². The molecule has 0 aromatic carbocycles. The zero-order valence-electron chi connectivity index (χ0n) is 10.8. The van der Waals surface area contributed by atoms with E-state index in [1.807, 2.05) is 0 Å². The highest BCUT2D eigenvalue weighted by Crippen LogP contribution is 2.29. The summed E-state index contributed by atoms with van der Waals surface area (Å²) < 4.78 is 0. The van der Waals surface area contributed by atoms with Crippen LogP contribution >= 0.6 is 0 Å². The van der Waals surface area contributed by atoms with E-state index < -0.39 is 0 Å². The zero-order chi connectivity index (χ0) is 11.1. The maximum atomic E-state index is 3.40. The average molecular weight is 212 g/mol. The van der Waals surface area contributed by atoms with Crippen molar-refractivity contribution in [3.05, 3.63) is 0 Å². The average Bonchev–Trinajstić information content (AvgIpc) is 3.04. The van der Waals surface area contributed by atoms with Gasteiger partial charge >= 0.3 is 0 Å². The Balaban J connectivity index is 2.14. The van der Waals surface area contributed by atoms with Gasteiger partial charge in [-0.2, -0.15) is 0 Å². The first-order valence-corrected chi connectivity index (χ1v) is 6.76. The van der Waals surface area contributed by atoms with Crippen molar-refractivity contribution in [2.45, 2.75) is 65.0 Å². The van der Waals surface area contributed by atoms with Gasteiger partial charge in [0.25, 0.3) is 0 Å². The molecule has 15 heavy (non-hydrogen) atoms. The van der Waals surface area contributed by atoms with Gasteiger partial charge in [0.1, 0.15) is 0 Å². The van der Waals surface area contributed by atoms with Gasteiger partial charge in [0.05, 0.1) is 0 Å². The lowest BCUT2D eigenvalue weighted by Gasteiger charge is -2.28. The summed E-state index contributed by atoms with van der Waals surface area (Å²) in [7, 11) is 0. The summed E-state index contributed by atoms with van der Waals surface area (Å²) in [5.41, 5.74) is 0. The second-order valence-corrected chi connectivity index (χ2v) is 4.81. The maximum absolute atomic E-state index is 3.40. The van der Waals surface area contributed by atoms with Crippen molar-refractivity contribution in [3.63, 3.8) is 0 Å². The Morgan fingerprint density at radius 1 is 1.33 bits per heavy atom. The van der Waals surface area contributed by atoms with Gasteiger partial charge in [-0.3, -0.25) is 4.90 Å². The summed E-state index contributed by atoms with van der Waals surface area (Å²) in [6.07, 6.45) is 6.86. The Hall–Kier alpha value is -0.0800. The van der Waals surface area contributed by atoms with Crippen molar-refractivity contribution in [2.75, 3.05) is 19.6 Å². The molecule has 0 aliphatic heterocycles. The highest BCUT2D eigenvalue weighted by Gasteiger charge is 2.30. The highest BCUT2D eigenvalue weighted by molar-refractivity contribution is 4.87. The monoisotopic (exact) mass is 212 g/mol. The molecule has 0 bridgehead atoms. The van der Waals surface area contributed by atoms with Crippen LogP contribution < -0.4 is 5.32 Å². The number of hydrogen-bond acceptors (Lipinski definition) is 2. The lowest BCUT2D eigenvalue weighted by molar-refractivity contribution is 0.187. The van der Waals surface area contributed by atoms with Crippen LogP contribution in [0.3, 0.4) is 0 Å². The third-order valence-electron chi connectivity index (χ3n) is 3.29. The van der Waals surface area contributed by atoms with E-state index in [9.17, 15) is 0 Å². The predicted octanol–water partition coefficient (Wildman–Crippen LogP) is 2.64. The Morgan fingerprint density at radius 3 is 2.60 bits per heavy atom. The van der Waals surface area contributed by atoms with Crippen LogP contribution in [0.4, 0.5) is 0 Å². The lowest BCUT2D eigenvalue weighted by atomic mass is 10.1.